The van der Waals surface area contributed by atoms with Crippen LogP contribution in [-0.4, -0.2) is 23.5 Å². The Kier molecular flexibility index (Phi) is 3.89. The Morgan fingerprint density at radius 1 is 1.53 bits per heavy atom. The third-order valence-corrected chi connectivity index (χ3v) is 3.94. The molecule has 1 aliphatic carbocycles. The molecular formula is C14H24N2O. The Labute approximate surface area is 104 Å². The number of hydrogen-bond acceptors (Lipinski definition) is 3. The van der Waals surface area contributed by atoms with E-state index in [1.54, 1.807) is 6.26 Å². The SMILES string of the molecule is CCN(Cc1ccco1)C(C)(CN)CC1CC1. The van der Waals surface area contributed by atoms with Crippen LogP contribution in [0.5, 0.6) is 0 Å². The van der Waals surface area contributed by atoms with E-state index in [0.29, 0.717) is 0 Å². The van der Waals surface area contributed by atoms with Gasteiger partial charge in [-0.05, 0) is 37.9 Å². The van der Waals surface area contributed by atoms with Crippen molar-refractivity contribution in [2.75, 3.05) is 13.1 Å². The maximum Gasteiger partial charge on any atom is 0.117 e. The van der Waals surface area contributed by atoms with Crippen molar-refractivity contribution in [2.24, 2.45) is 11.7 Å². The summed E-state index contributed by atoms with van der Waals surface area (Å²) in [6.07, 6.45) is 5.73. The normalized spacial score (nSPS) is 19.5. The molecule has 1 unspecified atom stereocenters. The van der Waals surface area contributed by atoms with Gasteiger partial charge >= 0.3 is 0 Å². The smallest absolute Gasteiger partial charge is 0.117 e. The summed E-state index contributed by atoms with van der Waals surface area (Å²) in [6.45, 7) is 7.09. The molecule has 1 heterocycles. The molecule has 3 heteroatoms. The van der Waals surface area contributed by atoms with Crippen LogP contribution in [0.3, 0.4) is 0 Å². The summed E-state index contributed by atoms with van der Waals surface area (Å²) in [4.78, 5) is 2.45. The zero-order valence-electron chi connectivity index (χ0n) is 11.0. The van der Waals surface area contributed by atoms with Crippen LogP contribution in [0.1, 0.15) is 38.9 Å². The third kappa shape index (κ3) is 3.11. The molecule has 0 aromatic carbocycles. The number of hydrogen-bond donors (Lipinski definition) is 1. The van der Waals surface area contributed by atoms with Crippen molar-refractivity contribution in [3.63, 3.8) is 0 Å². The van der Waals surface area contributed by atoms with Gasteiger partial charge < -0.3 is 10.2 Å². The fourth-order valence-corrected chi connectivity index (χ4v) is 2.56. The van der Waals surface area contributed by atoms with E-state index in [0.717, 1.165) is 31.3 Å². The lowest BCUT2D eigenvalue weighted by atomic mass is 9.92. The fourth-order valence-electron chi connectivity index (χ4n) is 2.56. The highest BCUT2D eigenvalue weighted by atomic mass is 16.3. The van der Waals surface area contributed by atoms with Crippen LogP contribution in [0.15, 0.2) is 22.8 Å². The van der Waals surface area contributed by atoms with E-state index in [1.807, 2.05) is 12.1 Å². The molecule has 1 fully saturated rings. The van der Waals surface area contributed by atoms with E-state index >= 15 is 0 Å². The lowest BCUT2D eigenvalue weighted by Gasteiger charge is -2.40. The molecule has 1 aromatic heterocycles. The molecule has 0 saturated heterocycles. The summed E-state index contributed by atoms with van der Waals surface area (Å²) in [5.41, 5.74) is 6.13. The molecule has 0 aliphatic heterocycles. The molecule has 96 valence electrons. The van der Waals surface area contributed by atoms with Crippen LogP contribution in [0, 0.1) is 5.92 Å². The number of rotatable bonds is 7. The van der Waals surface area contributed by atoms with Crippen LogP contribution in [0.2, 0.25) is 0 Å². The molecule has 1 saturated carbocycles. The molecule has 3 nitrogen and oxygen atoms in total. The number of nitrogens with two attached hydrogens (primary N) is 1. The maximum atomic E-state index is 6.02. The van der Waals surface area contributed by atoms with Gasteiger partial charge in [-0.25, -0.2) is 0 Å². The van der Waals surface area contributed by atoms with Gasteiger partial charge in [0.15, 0.2) is 0 Å². The largest absolute Gasteiger partial charge is 0.468 e. The lowest BCUT2D eigenvalue weighted by molar-refractivity contribution is 0.0860. The van der Waals surface area contributed by atoms with E-state index in [9.17, 15) is 0 Å². The van der Waals surface area contributed by atoms with Gasteiger partial charge in [0.05, 0.1) is 12.8 Å². The zero-order valence-corrected chi connectivity index (χ0v) is 11.0. The molecule has 1 aliphatic rings. The van der Waals surface area contributed by atoms with Crippen LogP contribution in [-0.2, 0) is 6.54 Å². The molecule has 1 atom stereocenters. The minimum Gasteiger partial charge on any atom is -0.468 e. The highest BCUT2D eigenvalue weighted by Gasteiger charge is 2.36. The van der Waals surface area contributed by atoms with Crippen molar-refractivity contribution in [1.82, 2.24) is 4.90 Å². The van der Waals surface area contributed by atoms with Crippen molar-refractivity contribution in [3.8, 4) is 0 Å². The second kappa shape index (κ2) is 5.23. The minimum atomic E-state index is 0.114. The fraction of sp³-hybridized carbons (Fsp3) is 0.714. The Morgan fingerprint density at radius 2 is 2.29 bits per heavy atom. The van der Waals surface area contributed by atoms with Gasteiger partial charge in [-0.1, -0.05) is 19.8 Å². The Morgan fingerprint density at radius 3 is 2.76 bits per heavy atom. The molecule has 2 rings (SSSR count). The zero-order chi connectivity index (χ0) is 12.3. The molecule has 0 amide bonds. The van der Waals surface area contributed by atoms with E-state index in [1.165, 1.54) is 19.3 Å². The predicted molar refractivity (Wildman–Crippen MR) is 69.6 cm³/mol. The van der Waals surface area contributed by atoms with Gasteiger partial charge in [0.25, 0.3) is 0 Å². The molecule has 1 aromatic rings. The second-order valence-electron chi connectivity index (χ2n) is 5.44. The Hall–Kier alpha value is -0.800. The van der Waals surface area contributed by atoms with Gasteiger partial charge in [0.2, 0.25) is 0 Å². The average Bonchev–Trinajstić information content (AvgIpc) is 2.98. The highest BCUT2D eigenvalue weighted by Crippen LogP contribution is 2.38. The van der Waals surface area contributed by atoms with Crippen LogP contribution < -0.4 is 5.73 Å². The molecule has 0 radical (unpaired) electrons. The topological polar surface area (TPSA) is 42.4 Å². The van der Waals surface area contributed by atoms with E-state index in [4.69, 9.17) is 10.2 Å². The summed E-state index contributed by atoms with van der Waals surface area (Å²) in [5.74, 6) is 1.93. The number of likely N-dealkylation sites (N-methyl/N-ethyl adjacent to an activating group) is 1. The van der Waals surface area contributed by atoms with Gasteiger partial charge in [0, 0.05) is 12.1 Å². The van der Waals surface area contributed by atoms with Crippen LogP contribution in [0.4, 0.5) is 0 Å². The molecule has 17 heavy (non-hydrogen) atoms. The lowest BCUT2D eigenvalue weighted by Crippen LogP contribution is -2.51. The first-order chi connectivity index (χ1) is 8.18. The quantitative estimate of drug-likeness (QED) is 0.791. The Balaban J connectivity index is 2.02. The molecule has 0 spiro atoms. The molecule has 0 bridgehead atoms. The predicted octanol–water partition coefficient (Wildman–Crippen LogP) is 2.62. The first-order valence-corrected chi connectivity index (χ1v) is 6.65. The van der Waals surface area contributed by atoms with Gasteiger partial charge in [-0.3, -0.25) is 4.90 Å². The van der Waals surface area contributed by atoms with Crippen molar-refractivity contribution in [1.29, 1.82) is 0 Å². The summed E-state index contributed by atoms with van der Waals surface area (Å²) in [6, 6.07) is 3.99. The van der Waals surface area contributed by atoms with Crippen molar-refractivity contribution < 1.29 is 4.42 Å². The third-order valence-electron chi connectivity index (χ3n) is 3.94. The monoisotopic (exact) mass is 236 g/mol. The van der Waals surface area contributed by atoms with E-state index in [-0.39, 0.29) is 5.54 Å². The second-order valence-corrected chi connectivity index (χ2v) is 5.44. The molecular weight excluding hydrogens is 212 g/mol. The van der Waals surface area contributed by atoms with E-state index in [2.05, 4.69) is 18.7 Å². The number of nitrogens with zero attached hydrogens (tertiary/aromatic N) is 1. The van der Waals surface area contributed by atoms with Crippen molar-refractivity contribution in [2.45, 2.75) is 45.2 Å². The van der Waals surface area contributed by atoms with Crippen LogP contribution in [0.25, 0.3) is 0 Å². The average molecular weight is 236 g/mol. The first-order valence-electron chi connectivity index (χ1n) is 6.65. The summed E-state index contributed by atoms with van der Waals surface area (Å²) in [7, 11) is 0. The van der Waals surface area contributed by atoms with Crippen molar-refractivity contribution >= 4 is 0 Å². The summed E-state index contributed by atoms with van der Waals surface area (Å²) >= 11 is 0. The van der Waals surface area contributed by atoms with Crippen molar-refractivity contribution in [3.05, 3.63) is 24.2 Å². The van der Waals surface area contributed by atoms with Crippen LogP contribution >= 0.6 is 0 Å². The van der Waals surface area contributed by atoms with E-state index < -0.39 is 0 Å². The first kappa shape index (κ1) is 12.7. The Bertz CT molecular complexity index is 332. The highest BCUT2D eigenvalue weighted by molar-refractivity contribution is 5.01. The molecule has 2 N–H and O–H groups in total. The summed E-state index contributed by atoms with van der Waals surface area (Å²) in [5, 5.41) is 0. The maximum absolute atomic E-state index is 6.02. The summed E-state index contributed by atoms with van der Waals surface area (Å²) < 4.78 is 5.44. The number of furan rings is 1. The standard InChI is InChI=1S/C14H24N2O/c1-3-16(10-13-5-4-8-17-13)14(2,11-15)9-12-6-7-12/h4-5,8,12H,3,6-7,9-11,15H2,1-2H3. The van der Waals surface area contributed by atoms with Gasteiger partial charge in [-0.2, -0.15) is 0 Å². The minimum absolute atomic E-state index is 0.114. The van der Waals surface area contributed by atoms with Gasteiger partial charge in [0.1, 0.15) is 5.76 Å². The van der Waals surface area contributed by atoms with Gasteiger partial charge in [-0.15, -0.1) is 0 Å².